The van der Waals surface area contributed by atoms with Crippen molar-refractivity contribution in [2.24, 2.45) is 5.92 Å². The molecule has 5 nitrogen and oxygen atoms in total. The number of aliphatic hydroxyl groups excluding tert-OH is 1. The fraction of sp³-hybridized carbons (Fsp3) is 0.867. The zero-order valence-corrected chi connectivity index (χ0v) is 12.5. The quantitative estimate of drug-likeness (QED) is 0.905. The van der Waals surface area contributed by atoms with Crippen LogP contribution in [0.5, 0.6) is 0 Å². The van der Waals surface area contributed by atoms with Crippen LogP contribution in [0.3, 0.4) is 0 Å². The third kappa shape index (κ3) is 2.88. The molecular weight excluding hydrogens is 252 g/mol. The molecule has 0 bridgehead atoms. The summed E-state index contributed by atoms with van der Waals surface area (Å²) in [5, 5.41) is 14.1. The van der Waals surface area contributed by atoms with Crippen molar-refractivity contribution in [2.75, 3.05) is 26.2 Å². The van der Waals surface area contributed by atoms with Crippen molar-refractivity contribution >= 4 is 0 Å². The van der Waals surface area contributed by atoms with Crippen molar-refractivity contribution in [2.45, 2.75) is 51.5 Å². The molecule has 1 aromatic rings. The second kappa shape index (κ2) is 6.22. The fourth-order valence-electron chi connectivity index (χ4n) is 3.61. The summed E-state index contributed by atoms with van der Waals surface area (Å²) in [7, 11) is 0. The van der Waals surface area contributed by atoms with Crippen molar-refractivity contribution < 1.29 is 5.11 Å². The number of aryl methyl sites for hydroxylation is 1. The Hall–Kier alpha value is -0.940. The van der Waals surface area contributed by atoms with Crippen LogP contribution in [0.4, 0.5) is 0 Å². The Bertz CT molecular complexity index is 445. The van der Waals surface area contributed by atoms with Crippen LogP contribution in [0.1, 0.15) is 50.2 Å². The molecule has 0 amide bonds. The fourth-order valence-corrected chi connectivity index (χ4v) is 3.61. The molecule has 0 saturated carbocycles. The van der Waals surface area contributed by atoms with E-state index in [-0.39, 0.29) is 12.5 Å². The first kappa shape index (κ1) is 14.0. The van der Waals surface area contributed by atoms with Gasteiger partial charge in [0.05, 0.1) is 6.61 Å². The summed E-state index contributed by atoms with van der Waals surface area (Å²) in [5.41, 5.74) is 0. The SMILES string of the molecule is CCN1CCCC(Cc2nc3n(n2)CCCC3CO)C1. The average molecular weight is 278 g/mol. The van der Waals surface area contributed by atoms with Gasteiger partial charge in [0.15, 0.2) is 5.82 Å². The average Bonchev–Trinajstić information content (AvgIpc) is 2.89. The lowest BCUT2D eigenvalue weighted by Crippen LogP contribution is -2.36. The maximum atomic E-state index is 9.45. The molecular formula is C15H26N4O. The van der Waals surface area contributed by atoms with E-state index < -0.39 is 0 Å². The highest BCUT2D eigenvalue weighted by Crippen LogP contribution is 2.26. The van der Waals surface area contributed by atoms with Crippen molar-refractivity contribution in [3.05, 3.63) is 11.6 Å². The van der Waals surface area contributed by atoms with Crippen molar-refractivity contribution in [1.29, 1.82) is 0 Å². The maximum Gasteiger partial charge on any atom is 0.151 e. The third-order valence-electron chi connectivity index (χ3n) is 4.77. The van der Waals surface area contributed by atoms with Crippen LogP contribution in [0.25, 0.3) is 0 Å². The van der Waals surface area contributed by atoms with E-state index >= 15 is 0 Å². The van der Waals surface area contributed by atoms with E-state index in [0.717, 1.165) is 44.0 Å². The number of aromatic nitrogens is 3. The molecule has 0 radical (unpaired) electrons. The molecule has 1 N–H and O–H groups in total. The van der Waals surface area contributed by atoms with Crippen LogP contribution in [0.2, 0.25) is 0 Å². The topological polar surface area (TPSA) is 54.2 Å². The Balaban J connectivity index is 1.67. The zero-order chi connectivity index (χ0) is 13.9. The molecule has 3 heterocycles. The van der Waals surface area contributed by atoms with Crippen molar-refractivity contribution in [3.8, 4) is 0 Å². The first-order valence-electron chi connectivity index (χ1n) is 8.07. The lowest BCUT2D eigenvalue weighted by molar-refractivity contribution is 0.180. The Kier molecular flexibility index (Phi) is 4.36. The van der Waals surface area contributed by atoms with E-state index in [2.05, 4.69) is 16.9 Å². The second-order valence-electron chi connectivity index (χ2n) is 6.24. The summed E-state index contributed by atoms with van der Waals surface area (Å²) in [6.45, 7) is 6.98. The minimum absolute atomic E-state index is 0.198. The van der Waals surface area contributed by atoms with Gasteiger partial charge in [0.2, 0.25) is 0 Å². The smallest absolute Gasteiger partial charge is 0.151 e. The van der Waals surface area contributed by atoms with Gasteiger partial charge < -0.3 is 10.0 Å². The molecule has 0 aromatic carbocycles. The Morgan fingerprint density at radius 2 is 2.10 bits per heavy atom. The number of nitrogens with zero attached hydrogens (tertiary/aromatic N) is 4. The Labute approximate surface area is 121 Å². The predicted molar refractivity (Wildman–Crippen MR) is 77.6 cm³/mol. The molecule has 5 heteroatoms. The molecule has 0 spiro atoms. The Morgan fingerprint density at radius 1 is 1.25 bits per heavy atom. The van der Waals surface area contributed by atoms with E-state index in [1.54, 1.807) is 0 Å². The van der Waals surface area contributed by atoms with Gasteiger partial charge in [-0.25, -0.2) is 9.67 Å². The van der Waals surface area contributed by atoms with Crippen LogP contribution >= 0.6 is 0 Å². The van der Waals surface area contributed by atoms with Crippen LogP contribution in [0.15, 0.2) is 0 Å². The molecule has 2 atom stereocenters. The normalized spacial score (nSPS) is 27.5. The molecule has 1 aromatic heterocycles. The van der Waals surface area contributed by atoms with Gasteiger partial charge >= 0.3 is 0 Å². The summed E-state index contributed by atoms with van der Waals surface area (Å²) >= 11 is 0. The molecule has 1 saturated heterocycles. The van der Waals surface area contributed by atoms with Gasteiger partial charge in [-0.15, -0.1) is 0 Å². The van der Waals surface area contributed by atoms with Gasteiger partial charge in [-0.2, -0.15) is 5.10 Å². The van der Waals surface area contributed by atoms with Gasteiger partial charge in [-0.05, 0) is 44.7 Å². The summed E-state index contributed by atoms with van der Waals surface area (Å²) < 4.78 is 2.03. The molecule has 112 valence electrons. The Morgan fingerprint density at radius 3 is 2.90 bits per heavy atom. The summed E-state index contributed by atoms with van der Waals surface area (Å²) in [5.74, 6) is 2.89. The van der Waals surface area contributed by atoms with Gasteiger partial charge in [0, 0.05) is 25.4 Å². The summed E-state index contributed by atoms with van der Waals surface area (Å²) in [6, 6.07) is 0. The van der Waals surface area contributed by atoms with E-state index in [1.165, 1.54) is 25.9 Å². The van der Waals surface area contributed by atoms with Gasteiger partial charge in [-0.3, -0.25) is 0 Å². The first-order chi connectivity index (χ1) is 9.80. The van der Waals surface area contributed by atoms with Crippen molar-refractivity contribution in [1.82, 2.24) is 19.7 Å². The van der Waals surface area contributed by atoms with Crippen molar-refractivity contribution in [3.63, 3.8) is 0 Å². The second-order valence-corrected chi connectivity index (χ2v) is 6.24. The van der Waals surface area contributed by atoms with E-state index in [1.807, 2.05) is 4.68 Å². The van der Waals surface area contributed by atoms with E-state index in [4.69, 9.17) is 4.98 Å². The summed E-state index contributed by atoms with van der Waals surface area (Å²) in [6.07, 6.45) is 5.74. The number of fused-ring (bicyclic) bond motifs is 1. The largest absolute Gasteiger partial charge is 0.396 e. The van der Waals surface area contributed by atoms with Gasteiger partial charge in [-0.1, -0.05) is 6.92 Å². The highest BCUT2D eigenvalue weighted by molar-refractivity contribution is 5.04. The van der Waals surface area contributed by atoms with E-state index in [9.17, 15) is 5.11 Å². The molecule has 2 aliphatic heterocycles. The highest BCUT2D eigenvalue weighted by Gasteiger charge is 2.26. The van der Waals surface area contributed by atoms with Gasteiger partial charge in [0.1, 0.15) is 5.82 Å². The standard InChI is InChI=1S/C15H26N4O/c1-2-18-7-3-5-12(10-18)9-14-16-15-13(11-20)6-4-8-19(15)17-14/h12-13,20H,2-11H2,1H3. The highest BCUT2D eigenvalue weighted by atomic mass is 16.3. The number of hydrogen-bond donors (Lipinski definition) is 1. The number of likely N-dealkylation sites (tertiary alicyclic amines) is 1. The molecule has 1 fully saturated rings. The maximum absolute atomic E-state index is 9.45. The van der Waals surface area contributed by atoms with Crippen LogP contribution in [-0.2, 0) is 13.0 Å². The third-order valence-corrected chi connectivity index (χ3v) is 4.77. The zero-order valence-electron chi connectivity index (χ0n) is 12.5. The summed E-state index contributed by atoms with van der Waals surface area (Å²) in [4.78, 5) is 7.25. The van der Waals surface area contributed by atoms with E-state index in [0.29, 0.717) is 5.92 Å². The molecule has 0 aliphatic carbocycles. The monoisotopic (exact) mass is 278 g/mol. The lowest BCUT2D eigenvalue weighted by Gasteiger charge is -2.31. The molecule has 2 aliphatic rings. The minimum Gasteiger partial charge on any atom is -0.396 e. The van der Waals surface area contributed by atoms with Crippen LogP contribution in [0, 0.1) is 5.92 Å². The first-order valence-corrected chi connectivity index (χ1v) is 8.07. The predicted octanol–water partition coefficient (Wildman–Crippen LogP) is 1.42. The number of piperidine rings is 1. The van der Waals surface area contributed by atoms with Crippen LogP contribution < -0.4 is 0 Å². The molecule has 2 unspecified atom stereocenters. The number of rotatable bonds is 4. The lowest BCUT2D eigenvalue weighted by atomic mass is 9.94. The van der Waals surface area contributed by atoms with Crippen LogP contribution in [-0.4, -0.2) is 51.0 Å². The molecule has 3 rings (SSSR count). The number of hydrogen-bond acceptors (Lipinski definition) is 4. The minimum atomic E-state index is 0.198. The molecule has 20 heavy (non-hydrogen) atoms. The van der Waals surface area contributed by atoms with Gasteiger partial charge in [0.25, 0.3) is 0 Å². The number of aliphatic hydroxyl groups is 1.